The summed E-state index contributed by atoms with van der Waals surface area (Å²) in [4.78, 5) is 4.51. The highest BCUT2D eigenvalue weighted by atomic mass is 127. The van der Waals surface area contributed by atoms with E-state index in [9.17, 15) is 0 Å². The molecule has 2 rings (SSSR count). The number of halogens is 1. The van der Waals surface area contributed by atoms with Crippen LogP contribution in [0.25, 0.3) is 5.65 Å². The predicted octanol–water partition coefficient (Wildman–Crippen LogP) is 2.25. The summed E-state index contributed by atoms with van der Waals surface area (Å²) in [5.74, 6) is 0. The highest BCUT2D eigenvalue weighted by Crippen LogP contribution is 2.03. The van der Waals surface area contributed by atoms with E-state index in [2.05, 4.69) is 43.5 Å². The molecule has 0 aliphatic heterocycles. The maximum Gasteiger partial charge on any atom is 0.137 e. The first-order valence-electron chi connectivity index (χ1n) is 5.09. The fraction of sp³-hybridized carbons (Fsp3) is 0.364. The fourth-order valence-electron chi connectivity index (χ4n) is 1.48. The van der Waals surface area contributed by atoms with Crippen LogP contribution in [0.2, 0.25) is 0 Å². The summed E-state index contributed by atoms with van der Waals surface area (Å²) in [5, 5.41) is 3.38. The van der Waals surface area contributed by atoms with E-state index in [1.54, 1.807) is 0 Å². The van der Waals surface area contributed by atoms with Crippen molar-refractivity contribution < 1.29 is 0 Å². The van der Waals surface area contributed by atoms with Crippen LogP contribution in [0.3, 0.4) is 0 Å². The molecule has 0 atom stereocenters. The van der Waals surface area contributed by atoms with Gasteiger partial charge in [0.05, 0.1) is 5.69 Å². The number of pyridine rings is 1. The van der Waals surface area contributed by atoms with E-state index in [1.165, 1.54) is 10.8 Å². The molecule has 0 radical (unpaired) electrons. The molecule has 0 aromatic carbocycles. The molecule has 2 heterocycles. The molecule has 0 aliphatic carbocycles. The zero-order chi connectivity index (χ0) is 10.5. The molecule has 4 heteroatoms. The van der Waals surface area contributed by atoms with E-state index in [-0.39, 0.29) is 0 Å². The quantitative estimate of drug-likeness (QED) is 0.521. The minimum atomic E-state index is 0.859. The van der Waals surface area contributed by atoms with Crippen molar-refractivity contribution in [3.05, 3.63) is 36.3 Å². The van der Waals surface area contributed by atoms with Gasteiger partial charge in [0.15, 0.2) is 0 Å². The molecule has 3 nitrogen and oxygen atoms in total. The number of aromatic nitrogens is 2. The van der Waals surface area contributed by atoms with Crippen LogP contribution < -0.4 is 5.32 Å². The van der Waals surface area contributed by atoms with Gasteiger partial charge < -0.3 is 9.72 Å². The van der Waals surface area contributed by atoms with Crippen molar-refractivity contribution in [2.75, 3.05) is 11.0 Å². The van der Waals surface area contributed by atoms with Crippen LogP contribution in [0.5, 0.6) is 0 Å². The van der Waals surface area contributed by atoms with E-state index in [4.69, 9.17) is 0 Å². The number of nitrogens with one attached hydrogen (secondary N) is 1. The summed E-state index contributed by atoms with van der Waals surface area (Å²) in [5.41, 5.74) is 2.12. The van der Waals surface area contributed by atoms with E-state index < -0.39 is 0 Å². The first kappa shape index (κ1) is 10.9. The predicted molar refractivity (Wildman–Crippen MR) is 70.4 cm³/mol. The normalized spacial score (nSPS) is 11.0. The Labute approximate surface area is 103 Å². The summed E-state index contributed by atoms with van der Waals surface area (Å²) in [6.07, 6.45) is 5.32. The lowest BCUT2D eigenvalue weighted by molar-refractivity contribution is 0.672. The molecule has 0 saturated heterocycles. The number of rotatable bonds is 5. The van der Waals surface area contributed by atoms with E-state index in [1.807, 2.05) is 24.4 Å². The molecule has 80 valence electrons. The lowest BCUT2D eigenvalue weighted by atomic mass is 10.4. The van der Waals surface area contributed by atoms with Crippen LogP contribution in [0.4, 0.5) is 0 Å². The summed E-state index contributed by atoms with van der Waals surface area (Å²) in [6.45, 7) is 1.93. The maximum atomic E-state index is 4.51. The summed E-state index contributed by atoms with van der Waals surface area (Å²) >= 11 is 2.39. The standard InChI is InChI=1S/C11H14IN3/c12-5-3-6-13-8-10-9-15-7-2-1-4-11(15)14-10/h1-2,4,7,9,13H,3,5-6,8H2. The van der Waals surface area contributed by atoms with Gasteiger partial charge >= 0.3 is 0 Å². The third-order valence-electron chi connectivity index (χ3n) is 2.21. The third kappa shape index (κ3) is 2.92. The van der Waals surface area contributed by atoms with Crippen LogP contribution in [0.1, 0.15) is 12.1 Å². The van der Waals surface area contributed by atoms with Crippen molar-refractivity contribution in [3.8, 4) is 0 Å². The molecule has 0 amide bonds. The average Bonchev–Trinajstić information content (AvgIpc) is 2.67. The first-order valence-corrected chi connectivity index (χ1v) is 6.62. The molecule has 0 spiro atoms. The highest BCUT2D eigenvalue weighted by molar-refractivity contribution is 14.1. The Bertz CT molecular complexity index is 391. The van der Waals surface area contributed by atoms with Gasteiger partial charge in [0.25, 0.3) is 0 Å². The monoisotopic (exact) mass is 315 g/mol. The molecule has 0 fully saturated rings. The molecule has 0 aliphatic rings. The first-order chi connectivity index (χ1) is 7.40. The number of nitrogens with zero attached hydrogens (tertiary/aromatic N) is 2. The van der Waals surface area contributed by atoms with E-state index >= 15 is 0 Å². The smallest absolute Gasteiger partial charge is 0.137 e. The Hall–Kier alpha value is -0.620. The van der Waals surface area contributed by atoms with Crippen molar-refractivity contribution in [2.45, 2.75) is 13.0 Å². The highest BCUT2D eigenvalue weighted by Gasteiger charge is 1.99. The van der Waals surface area contributed by atoms with Crippen molar-refractivity contribution in [1.29, 1.82) is 0 Å². The van der Waals surface area contributed by atoms with Crippen molar-refractivity contribution in [3.63, 3.8) is 0 Å². The number of fused-ring (bicyclic) bond motifs is 1. The van der Waals surface area contributed by atoms with Crippen molar-refractivity contribution in [2.24, 2.45) is 0 Å². The fourth-order valence-corrected chi connectivity index (χ4v) is 1.86. The average molecular weight is 315 g/mol. The lowest BCUT2D eigenvalue weighted by Gasteiger charge is -1.98. The van der Waals surface area contributed by atoms with Gasteiger partial charge in [-0.15, -0.1) is 0 Å². The molecule has 1 N–H and O–H groups in total. The summed E-state index contributed by atoms with van der Waals surface area (Å²) < 4.78 is 3.26. The summed E-state index contributed by atoms with van der Waals surface area (Å²) in [6, 6.07) is 6.05. The number of hydrogen-bond donors (Lipinski definition) is 1. The number of alkyl halides is 1. The number of hydrogen-bond acceptors (Lipinski definition) is 2. The van der Waals surface area contributed by atoms with Gasteiger partial charge in [-0.1, -0.05) is 28.7 Å². The van der Waals surface area contributed by atoms with Crippen LogP contribution in [-0.2, 0) is 6.54 Å². The van der Waals surface area contributed by atoms with Gasteiger partial charge in [-0.2, -0.15) is 0 Å². The van der Waals surface area contributed by atoms with E-state index in [0.29, 0.717) is 0 Å². The van der Waals surface area contributed by atoms with Gasteiger partial charge in [0.1, 0.15) is 5.65 Å². The van der Waals surface area contributed by atoms with Gasteiger partial charge in [0, 0.05) is 23.4 Å². The van der Waals surface area contributed by atoms with Crippen LogP contribution >= 0.6 is 22.6 Å². The second-order valence-corrected chi connectivity index (χ2v) is 4.50. The molecule has 2 aromatic rings. The summed E-state index contributed by atoms with van der Waals surface area (Å²) in [7, 11) is 0. The minimum absolute atomic E-state index is 0.859. The Morgan fingerprint density at radius 3 is 3.13 bits per heavy atom. The molecular weight excluding hydrogens is 301 g/mol. The molecule has 0 bridgehead atoms. The molecule has 15 heavy (non-hydrogen) atoms. The van der Waals surface area contributed by atoms with Gasteiger partial charge in [-0.25, -0.2) is 4.98 Å². The van der Waals surface area contributed by atoms with E-state index in [0.717, 1.165) is 24.4 Å². The molecule has 0 saturated carbocycles. The Morgan fingerprint density at radius 2 is 2.33 bits per heavy atom. The lowest BCUT2D eigenvalue weighted by Crippen LogP contribution is -2.15. The topological polar surface area (TPSA) is 29.3 Å². The van der Waals surface area contributed by atoms with Crippen LogP contribution in [0.15, 0.2) is 30.6 Å². The number of imidazole rings is 1. The van der Waals surface area contributed by atoms with Crippen molar-refractivity contribution in [1.82, 2.24) is 14.7 Å². The molecular formula is C11H14IN3. The minimum Gasteiger partial charge on any atom is -0.311 e. The maximum absolute atomic E-state index is 4.51. The third-order valence-corrected chi connectivity index (χ3v) is 2.97. The second kappa shape index (κ2) is 5.46. The van der Waals surface area contributed by atoms with Gasteiger partial charge in [-0.05, 0) is 25.1 Å². The Morgan fingerprint density at radius 1 is 1.40 bits per heavy atom. The van der Waals surface area contributed by atoms with Gasteiger partial charge in [0.2, 0.25) is 0 Å². The van der Waals surface area contributed by atoms with Crippen LogP contribution in [-0.4, -0.2) is 20.4 Å². The zero-order valence-electron chi connectivity index (χ0n) is 8.49. The molecule has 0 unspecified atom stereocenters. The van der Waals surface area contributed by atoms with Crippen molar-refractivity contribution >= 4 is 28.2 Å². The molecule has 2 aromatic heterocycles. The van der Waals surface area contributed by atoms with Crippen LogP contribution in [0, 0.1) is 0 Å². The SMILES string of the molecule is ICCCNCc1cn2ccccc2n1. The Kier molecular flexibility index (Phi) is 3.96. The Balaban J connectivity index is 1.97. The largest absolute Gasteiger partial charge is 0.311 e. The zero-order valence-corrected chi connectivity index (χ0v) is 10.6. The van der Waals surface area contributed by atoms with Gasteiger partial charge in [-0.3, -0.25) is 0 Å². The second-order valence-electron chi connectivity index (χ2n) is 3.42.